The van der Waals surface area contributed by atoms with Crippen LogP contribution >= 0.6 is 0 Å². The van der Waals surface area contributed by atoms with E-state index in [-0.39, 0.29) is 42.9 Å². The van der Waals surface area contributed by atoms with Crippen molar-refractivity contribution in [2.75, 3.05) is 0 Å². The van der Waals surface area contributed by atoms with Gasteiger partial charge in [0.15, 0.2) is 5.65 Å². The third-order valence-corrected chi connectivity index (χ3v) is 5.90. The molecule has 184 valence electrons. The monoisotopic (exact) mass is 491 g/mol. The maximum atomic E-state index is 15.6. The summed E-state index contributed by atoms with van der Waals surface area (Å²) in [5.74, 6) is -0.916. The molecule has 1 unspecified atom stereocenters. The predicted octanol–water partition coefficient (Wildman–Crippen LogP) is 3.98. The Balaban J connectivity index is 1.52. The van der Waals surface area contributed by atoms with Gasteiger partial charge in [-0.15, -0.1) is 5.10 Å². The normalized spacial score (nSPS) is 13.8. The van der Waals surface area contributed by atoms with Crippen molar-refractivity contribution in [1.29, 1.82) is 0 Å². The van der Waals surface area contributed by atoms with Gasteiger partial charge in [-0.25, -0.2) is 19.2 Å². The van der Waals surface area contributed by atoms with Crippen LogP contribution in [0.2, 0.25) is 0 Å². The fourth-order valence-electron chi connectivity index (χ4n) is 3.81. The summed E-state index contributed by atoms with van der Waals surface area (Å²) in [6, 6.07) is 5.52. The SMILES string of the molecule is CCC(F)(CCn1nc(Cn2cnc3nccc(C)c3c2=O)oc1=O)c1ccc(C(F)(F)F)cc1. The minimum atomic E-state index is -4.52. The van der Waals surface area contributed by atoms with Crippen LogP contribution in [0.1, 0.15) is 42.3 Å². The molecule has 0 fully saturated rings. The second kappa shape index (κ2) is 9.08. The molecule has 0 saturated carbocycles. The molecule has 1 atom stereocenters. The quantitative estimate of drug-likeness (QED) is 0.363. The van der Waals surface area contributed by atoms with Gasteiger partial charge in [-0.1, -0.05) is 19.1 Å². The Kier molecular flexibility index (Phi) is 6.30. The molecular weight excluding hydrogens is 470 g/mol. The number of halogens is 4. The predicted molar refractivity (Wildman–Crippen MR) is 118 cm³/mol. The van der Waals surface area contributed by atoms with Crippen LogP contribution in [0, 0.1) is 6.92 Å². The van der Waals surface area contributed by atoms with Crippen molar-refractivity contribution in [2.45, 2.75) is 51.6 Å². The maximum absolute atomic E-state index is 15.6. The number of fused-ring (bicyclic) bond motifs is 1. The molecule has 3 heterocycles. The van der Waals surface area contributed by atoms with Crippen molar-refractivity contribution in [3.8, 4) is 0 Å². The molecule has 0 spiro atoms. The Hall–Kier alpha value is -3.83. The zero-order valence-electron chi connectivity index (χ0n) is 18.8. The van der Waals surface area contributed by atoms with Crippen LogP contribution in [0.3, 0.4) is 0 Å². The fourth-order valence-corrected chi connectivity index (χ4v) is 3.81. The van der Waals surface area contributed by atoms with Gasteiger partial charge in [0.05, 0.1) is 17.5 Å². The minimum absolute atomic E-state index is 0.0244. The molecule has 0 amide bonds. The Morgan fingerprint density at radius 1 is 1.00 bits per heavy atom. The molecule has 0 aliphatic rings. The molecular formula is C23H21F4N5O3. The van der Waals surface area contributed by atoms with E-state index in [9.17, 15) is 22.8 Å². The van der Waals surface area contributed by atoms with Gasteiger partial charge in [-0.05, 0) is 42.7 Å². The van der Waals surface area contributed by atoms with E-state index in [1.165, 1.54) is 10.9 Å². The second-order valence-electron chi connectivity index (χ2n) is 8.13. The van der Waals surface area contributed by atoms with Crippen molar-refractivity contribution >= 4 is 11.0 Å². The van der Waals surface area contributed by atoms with E-state index in [0.717, 1.165) is 28.9 Å². The summed E-state index contributed by atoms with van der Waals surface area (Å²) in [5, 5.41) is 4.38. The van der Waals surface area contributed by atoms with E-state index in [1.807, 2.05) is 0 Å². The average Bonchev–Trinajstić information content (AvgIpc) is 3.17. The van der Waals surface area contributed by atoms with Gasteiger partial charge in [0.2, 0.25) is 5.89 Å². The van der Waals surface area contributed by atoms with Gasteiger partial charge in [0.25, 0.3) is 5.56 Å². The number of hydrogen-bond acceptors (Lipinski definition) is 6. The standard InChI is InChI=1S/C23H21F4N5O3/c1-3-22(24,15-4-6-16(7-5-15)23(25,26)27)9-11-32-21(34)35-17(30-32)12-31-13-29-19-18(20(31)33)14(2)8-10-28-19/h4-8,10,13H,3,9,11-12H2,1-2H3. The van der Waals surface area contributed by atoms with Crippen LogP contribution in [-0.4, -0.2) is 24.3 Å². The lowest BCUT2D eigenvalue weighted by Crippen LogP contribution is -2.25. The molecule has 0 N–H and O–H groups in total. The smallest absolute Gasteiger partial charge is 0.390 e. The number of aryl methyl sites for hydroxylation is 2. The lowest BCUT2D eigenvalue weighted by molar-refractivity contribution is -0.137. The molecule has 35 heavy (non-hydrogen) atoms. The highest BCUT2D eigenvalue weighted by molar-refractivity contribution is 5.76. The summed E-state index contributed by atoms with van der Waals surface area (Å²) in [4.78, 5) is 33.2. The van der Waals surface area contributed by atoms with Gasteiger partial charge in [-0.3, -0.25) is 9.36 Å². The number of benzene rings is 1. The number of aromatic nitrogens is 5. The van der Waals surface area contributed by atoms with Crippen LogP contribution in [0.5, 0.6) is 0 Å². The summed E-state index contributed by atoms with van der Waals surface area (Å²) in [6.45, 7) is 2.96. The van der Waals surface area contributed by atoms with E-state index in [1.54, 1.807) is 26.1 Å². The third-order valence-electron chi connectivity index (χ3n) is 5.90. The minimum Gasteiger partial charge on any atom is -0.390 e. The van der Waals surface area contributed by atoms with Crippen molar-refractivity contribution < 1.29 is 22.0 Å². The maximum Gasteiger partial charge on any atom is 0.437 e. The number of nitrogens with zero attached hydrogens (tertiary/aromatic N) is 5. The summed E-state index contributed by atoms with van der Waals surface area (Å²) in [6.07, 6.45) is -1.95. The Morgan fingerprint density at radius 2 is 1.69 bits per heavy atom. The van der Waals surface area contributed by atoms with Crippen LogP contribution < -0.4 is 11.3 Å². The van der Waals surface area contributed by atoms with Gasteiger partial charge in [0, 0.05) is 12.6 Å². The molecule has 4 aromatic rings. The van der Waals surface area contributed by atoms with Gasteiger partial charge >= 0.3 is 11.9 Å². The molecule has 3 aromatic heterocycles. The lowest BCUT2D eigenvalue weighted by Gasteiger charge is -2.24. The highest BCUT2D eigenvalue weighted by Crippen LogP contribution is 2.36. The topological polar surface area (TPSA) is 95.8 Å². The average molecular weight is 491 g/mol. The van der Waals surface area contributed by atoms with Crippen molar-refractivity contribution in [2.24, 2.45) is 0 Å². The first kappa shape index (κ1) is 24.3. The highest BCUT2D eigenvalue weighted by Gasteiger charge is 2.34. The molecule has 1 aromatic carbocycles. The fraction of sp³-hybridized carbons (Fsp3) is 0.348. The van der Waals surface area contributed by atoms with Crippen LogP contribution in [-0.2, 0) is 24.9 Å². The number of hydrogen-bond donors (Lipinski definition) is 0. The van der Waals surface area contributed by atoms with E-state index in [2.05, 4.69) is 15.1 Å². The molecule has 0 aliphatic heterocycles. The van der Waals surface area contributed by atoms with E-state index >= 15 is 4.39 Å². The van der Waals surface area contributed by atoms with Crippen molar-refractivity contribution in [3.05, 3.63) is 86.3 Å². The summed E-state index contributed by atoms with van der Waals surface area (Å²) >= 11 is 0. The van der Waals surface area contributed by atoms with Crippen LogP contribution in [0.25, 0.3) is 11.0 Å². The van der Waals surface area contributed by atoms with Crippen molar-refractivity contribution in [1.82, 2.24) is 24.3 Å². The van der Waals surface area contributed by atoms with Crippen LogP contribution in [0.4, 0.5) is 17.6 Å². The Morgan fingerprint density at radius 3 is 2.34 bits per heavy atom. The lowest BCUT2D eigenvalue weighted by atomic mass is 9.89. The molecule has 0 bridgehead atoms. The molecule has 0 radical (unpaired) electrons. The van der Waals surface area contributed by atoms with E-state index in [4.69, 9.17) is 4.42 Å². The van der Waals surface area contributed by atoms with Gasteiger partial charge < -0.3 is 4.42 Å². The summed E-state index contributed by atoms with van der Waals surface area (Å²) < 4.78 is 61.3. The van der Waals surface area contributed by atoms with Crippen molar-refractivity contribution in [3.63, 3.8) is 0 Å². The molecule has 4 rings (SSSR count). The first-order valence-corrected chi connectivity index (χ1v) is 10.8. The van der Waals surface area contributed by atoms with E-state index in [0.29, 0.717) is 16.6 Å². The molecule has 12 heteroatoms. The number of rotatable bonds is 7. The molecule has 8 nitrogen and oxygen atoms in total. The Bertz CT molecular complexity index is 1470. The number of pyridine rings is 1. The Labute approximate surface area is 195 Å². The van der Waals surface area contributed by atoms with Gasteiger partial charge in [0.1, 0.15) is 18.5 Å². The molecule has 0 aliphatic carbocycles. The van der Waals surface area contributed by atoms with E-state index < -0.39 is 23.2 Å². The summed E-state index contributed by atoms with van der Waals surface area (Å²) in [5.41, 5.74) is -2.18. The second-order valence-corrected chi connectivity index (χ2v) is 8.13. The largest absolute Gasteiger partial charge is 0.437 e. The zero-order chi connectivity index (χ0) is 25.4. The van der Waals surface area contributed by atoms with Crippen LogP contribution in [0.15, 0.2) is 56.9 Å². The first-order chi connectivity index (χ1) is 16.5. The summed E-state index contributed by atoms with van der Waals surface area (Å²) in [7, 11) is 0. The highest BCUT2D eigenvalue weighted by atomic mass is 19.4. The zero-order valence-corrected chi connectivity index (χ0v) is 18.8. The molecule has 0 saturated heterocycles. The third kappa shape index (κ3) is 4.86. The van der Waals surface area contributed by atoms with Gasteiger partial charge in [-0.2, -0.15) is 17.9 Å². The first-order valence-electron chi connectivity index (χ1n) is 10.8. The number of alkyl halides is 4.